The third-order valence-corrected chi connectivity index (χ3v) is 11.8. The first kappa shape index (κ1) is 56.5. The molecule has 58 heavy (non-hydrogen) atoms. The van der Waals surface area contributed by atoms with Gasteiger partial charge in [0.1, 0.15) is 12.2 Å². The molecule has 0 bridgehead atoms. The number of hydrogen-bond acceptors (Lipinski definition) is 5. The molecule has 0 aliphatic heterocycles. The first-order chi connectivity index (χ1) is 28.5. The second-order valence-electron chi connectivity index (χ2n) is 17.5. The molecule has 0 aromatic carbocycles. The Bertz CT molecular complexity index is 919. The fourth-order valence-electron chi connectivity index (χ4n) is 7.79. The van der Waals surface area contributed by atoms with Crippen LogP contribution in [-0.4, -0.2) is 57.3 Å². The summed E-state index contributed by atoms with van der Waals surface area (Å²) in [6.45, 7) is 4.01. The molecule has 0 aliphatic carbocycles. The van der Waals surface area contributed by atoms with Crippen molar-refractivity contribution in [3.63, 3.8) is 0 Å². The Kier molecular flexibility index (Phi) is 45.4. The van der Waals surface area contributed by atoms with Gasteiger partial charge < -0.3 is 25.7 Å². The maximum atomic E-state index is 12.5. The third-order valence-electron chi connectivity index (χ3n) is 11.8. The molecule has 6 heteroatoms. The van der Waals surface area contributed by atoms with Crippen molar-refractivity contribution in [1.29, 1.82) is 0 Å². The second-order valence-corrected chi connectivity index (χ2v) is 17.5. The number of rotatable bonds is 46. The highest BCUT2D eigenvalue weighted by molar-refractivity contribution is 5.80. The van der Waals surface area contributed by atoms with Gasteiger partial charge in [-0.05, 0) is 70.6 Å². The Morgan fingerprint density at radius 3 is 1.14 bits per heavy atom. The molecule has 0 saturated heterocycles. The Labute approximate surface area is 360 Å². The van der Waals surface area contributed by atoms with E-state index in [9.17, 15) is 25.2 Å². The van der Waals surface area contributed by atoms with E-state index in [1.54, 1.807) is 0 Å². The van der Waals surface area contributed by atoms with Crippen molar-refractivity contribution in [3.05, 3.63) is 36.5 Å². The molecular formula is C52H99NO5. The molecule has 0 fully saturated rings. The molecule has 0 radical (unpaired) electrons. The van der Waals surface area contributed by atoms with Crippen LogP contribution in [0.4, 0.5) is 0 Å². The molecule has 0 spiro atoms. The average Bonchev–Trinajstić information content (AvgIpc) is 3.23. The van der Waals surface area contributed by atoms with Crippen molar-refractivity contribution in [2.24, 2.45) is 0 Å². The van der Waals surface area contributed by atoms with Crippen molar-refractivity contribution >= 4 is 5.91 Å². The normalized spacial score (nSPS) is 14.2. The molecule has 0 heterocycles. The molecule has 1 amide bonds. The summed E-state index contributed by atoms with van der Waals surface area (Å²) in [4.78, 5) is 12.5. The third kappa shape index (κ3) is 40.0. The van der Waals surface area contributed by atoms with Crippen LogP contribution in [0, 0.1) is 0 Å². The number of amides is 1. The van der Waals surface area contributed by atoms with Crippen molar-refractivity contribution in [2.75, 3.05) is 6.61 Å². The molecule has 0 aliphatic rings. The number of hydrogen-bond donors (Lipinski definition) is 5. The summed E-state index contributed by atoms with van der Waals surface area (Å²) >= 11 is 0. The maximum absolute atomic E-state index is 12.5. The fourth-order valence-corrected chi connectivity index (χ4v) is 7.79. The van der Waals surface area contributed by atoms with Crippen LogP contribution in [0.5, 0.6) is 0 Å². The smallest absolute Gasteiger partial charge is 0.249 e. The minimum Gasteiger partial charge on any atom is -0.394 e. The molecule has 4 unspecified atom stereocenters. The molecule has 342 valence electrons. The quantitative estimate of drug-likeness (QED) is 0.0310. The predicted octanol–water partition coefficient (Wildman–Crippen LogP) is 14.1. The maximum Gasteiger partial charge on any atom is 0.249 e. The number of nitrogens with one attached hydrogen (secondary N) is 1. The SMILES string of the molecule is CCCCCCC/C=C/CCCC(O)C(O)C(CO)NC(=O)C(O)CCCCCCCCCCCCCCCCCC/C=C\C/C=C\CCCCCCCCCCC. The monoisotopic (exact) mass is 818 g/mol. The lowest BCUT2D eigenvalue weighted by Gasteiger charge is -2.27. The van der Waals surface area contributed by atoms with E-state index < -0.39 is 36.9 Å². The van der Waals surface area contributed by atoms with Gasteiger partial charge in [0.15, 0.2) is 0 Å². The van der Waals surface area contributed by atoms with Gasteiger partial charge in [-0.15, -0.1) is 0 Å². The molecular weight excluding hydrogens is 719 g/mol. The van der Waals surface area contributed by atoms with Crippen LogP contribution in [0.3, 0.4) is 0 Å². The van der Waals surface area contributed by atoms with E-state index >= 15 is 0 Å². The Hall–Kier alpha value is -1.47. The van der Waals surface area contributed by atoms with Gasteiger partial charge in [-0.25, -0.2) is 0 Å². The number of aliphatic hydroxyl groups is 4. The van der Waals surface area contributed by atoms with Crippen LogP contribution < -0.4 is 5.32 Å². The van der Waals surface area contributed by atoms with Crippen molar-refractivity contribution in [3.8, 4) is 0 Å². The topological polar surface area (TPSA) is 110 Å². The lowest BCUT2D eigenvalue weighted by Crippen LogP contribution is -2.53. The van der Waals surface area contributed by atoms with Crippen molar-refractivity contribution in [2.45, 2.75) is 282 Å². The zero-order chi connectivity index (χ0) is 42.4. The number of aliphatic hydroxyl groups excluding tert-OH is 4. The molecule has 0 saturated carbocycles. The summed E-state index contributed by atoms with van der Waals surface area (Å²) in [6.07, 6.45) is 56.5. The van der Waals surface area contributed by atoms with E-state index in [1.807, 2.05) is 0 Å². The van der Waals surface area contributed by atoms with Crippen molar-refractivity contribution in [1.82, 2.24) is 5.32 Å². The van der Waals surface area contributed by atoms with Crippen LogP contribution in [0.1, 0.15) is 258 Å². The van der Waals surface area contributed by atoms with E-state index in [2.05, 4.69) is 55.6 Å². The Balaban J connectivity index is 3.57. The fraction of sp³-hybridized carbons (Fsp3) is 0.865. The van der Waals surface area contributed by atoms with Crippen LogP contribution in [0.15, 0.2) is 36.5 Å². The number of carbonyl (C=O) groups excluding carboxylic acids is 1. The highest BCUT2D eigenvalue weighted by atomic mass is 16.3. The van der Waals surface area contributed by atoms with Crippen LogP contribution >= 0.6 is 0 Å². The van der Waals surface area contributed by atoms with E-state index in [0.717, 1.165) is 44.9 Å². The Morgan fingerprint density at radius 2 is 0.759 bits per heavy atom. The minimum absolute atomic E-state index is 0.364. The molecule has 4 atom stereocenters. The van der Waals surface area contributed by atoms with Crippen LogP contribution in [0.2, 0.25) is 0 Å². The number of carbonyl (C=O) groups is 1. The van der Waals surface area contributed by atoms with Gasteiger partial charge in [0, 0.05) is 0 Å². The molecule has 6 nitrogen and oxygen atoms in total. The summed E-state index contributed by atoms with van der Waals surface area (Å²) in [5.74, 6) is -0.594. The number of allylic oxidation sites excluding steroid dienone is 6. The first-order valence-electron chi connectivity index (χ1n) is 25.4. The highest BCUT2D eigenvalue weighted by Gasteiger charge is 2.28. The lowest BCUT2D eigenvalue weighted by molar-refractivity contribution is -0.132. The van der Waals surface area contributed by atoms with Crippen LogP contribution in [0.25, 0.3) is 0 Å². The van der Waals surface area contributed by atoms with E-state index in [-0.39, 0.29) is 0 Å². The van der Waals surface area contributed by atoms with Gasteiger partial charge in [0.05, 0.1) is 18.8 Å². The van der Waals surface area contributed by atoms with Gasteiger partial charge in [0.25, 0.3) is 0 Å². The van der Waals surface area contributed by atoms with E-state index in [1.165, 1.54) is 186 Å². The van der Waals surface area contributed by atoms with Gasteiger partial charge in [-0.1, -0.05) is 224 Å². The first-order valence-corrected chi connectivity index (χ1v) is 25.4. The summed E-state index contributed by atoms with van der Waals surface area (Å²) in [5, 5.41) is 43.6. The van der Waals surface area contributed by atoms with E-state index in [0.29, 0.717) is 12.8 Å². The molecule has 0 aromatic heterocycles. The van der Waals surface area contributed by atoms with Gasteiger partial charge in [0.2, 0.25) is 5.91 Å². The van der Waals surface area contributed by atoms with Gasteiger partial charge in [-0.3, -0.25) is 4.79 Å². The minimum atomic E-state index is -1.28. The zero-order valence-corrected chi connectivity index (χ0v) is 38.5. The summed E-state index contributed by atoms with van der Waals surface area (Å²) in [6, 6.07) is -1.000. The summed E-state index contributed by atoms with van der Waals surface area (Å²) < 4.78 is 0. The largest absolute Gasteiger partial charge is 0.394 e. The number of unbranched alkanes of at least 4 members (excludes halogenated alkanes) is 31. The summed E-state index contributed by atoms with van der Waals surface area (Å²) in [7, 11) is 0. The van der Waals surface area contributed by atoms with Crippen LogP contribution in [-0.2, 0) is 4.79 Å². The lowest BCUT2D eigenvalue weighted by atomic mass is 10.00. The van der Waals surface area contributed by atoms with Gasteiger partial charge in [-0.2, -0.15) is 0 Å². The molecule has 0 rings (SSSR count). The summed E-state index contributed by atoms with van der Waals surface area (Å²) in [5.41, 5.74) is 0. The predicted molar refractivity (Wildman–Crippen MR) is 251 cm³/mol. The van der Waals surface area contributed by atoms with Crippen molar-refractivity contribution < 1.29 is 25.2 Å². The molecule has 5 N–H and O–H groups in total. The van der Waals surface area contributed by atoms with Gasteiger partial charge >= 0.3 is 0 Å². The Morgan fingerprint density at radius 1 is 0.431 bits per heavy atom. The molecule has 0 aromatic rings. The highest BCUT2D eigenvalue weighted by Crippen LogP contribution is 2.16. The van der Waals surface area contributed by atoms with E-state index in [4.69, 9.17) is 0 Å². The zero-order valence-electron chi connectivity index (χ0n) is 38.5. The standard InChI is InChI=1S/C52H99NO5/c1-3-5-7-9-11-13-15-16-17-18-19-20-21-22-23-24-25-26-27-28-29-30-31-32-33-34-35-36-38-40-42-44-46-50(56)52(58)53-48(47-54)51(57)49(55)45-43-41-39-37-14-12-10-8-6-4-2/h19-20,22-23,37,39,48-51,54-57H,3-18,21,24-36,38,40-47H2,1-2H3,(H,53,58)/b20-19-,23-22-,39-37+. The second kappa shape index (κ2) is 46.6. The average molecular weight is 818 g/mol.